The average molecular weight is 198 g/mol. The van der Waals surface area contributed by atoms with Crippen molar-refractivity contribution in [1.29, 1.82) is 0 Å². The van der Waals surface area contributed by atoms with Crippen LogP contribution in [0.1, 0.15) is 0 Å². The highest BCUT2D eigenvalue weighted by molar-refractivity contribution is 6.13. The largest absolute Gasteiger partial charge is 0.432 e. The quantitative estimate of drug-likeness (QED) is 0.528. The first-order chi connectivity index (χ1) is 6.69. The molecule has 6 heteroatoms. The van der Waals surface area contributed by atoms with E-state index in [9.17, 15) is 8.78 Å². The molecule has 2 N–H and O–H groups in total. The fourth-order valence-corrected chi connectivity index (χ4v) is 1.31. The third-order valence-electron chi connectivity index (χ3n) is 1.92. The first kappa shape index (κ1) is 9.17. The topological polar surface area (TPSA) is 53.6 Å². The predicted molar refractivity (Wildman–Crippen MR) is 46.7 cm³/mol. The van der Waals surface area contributed by atoms with E-state index in [2.05, 4.69) is 4.42 Å². The van der Waals surface area contributed by atoms with Crippen LogP contribution in [-0.4, -0.2) is 17.7 Å². The minimum atomic E-state index is -1.11. The van der Waals surface area contributed by atoms with Gasteiger partial charge in [0.1, 0.15) is 5.58 Å². The lowest BCUT2D eigenvalue weighted by Gasteiger charge is -1.74. The summed E-state index contributed by atoms with van der Waals surface area (Å²) in [5.74, 6) is -0.874. The Balaban J connectivity index is 0.000000226. The number of halogens is 2. The summed E-state index contributed by atoms with van der Waals surface area (Å²) in [6.07, 6.45) is 0. The van der Waals surface area contributed by atoms with Crippen LogP contribution < -0.4 is 0 Å². The molecule has 1 aromatic rings. The van der Waals surface area contributed by atoms with Crippen molar-refractivity contribution < 1.29 is 23.2 Å². The van der Waals surface area contributed by atoms with Gasteiger partial charge in [0, 0.05) is 5.56 Å². The molecule has 1 heterocycles. The van der Waals surface area contributed by atoms with Crippen LogP contribution in [0.25, 0.3) is 22.1 Å². The van der Waals surface area contributed by atoms with Crippen LogP contribution in [0, 0.1) is 11.8 Å². The average Bonchev–Trinajstić information content (AvgIpc) is 2.75. The Hall–Kier alpha value is -1.40. The summed E-state index contributed by atoms with van der Waals surface area (Å²) in [4.78, 5) is 0. The third-order valence-corrected chi connectivity index (χ3v) is 1.92. The summed E-state index contributed by atoms with van der Waals surface area (Å²) < 4.78 is 29.7. The highest BCUT2D eigenvalue weighted by Gasteiger charge is 2.26. The summed E-state index contributed by atoms with van der Waals surface area (Å²) in [5.41, 5.74) is 2.13. The molecule has 3 rings (SSSR count). The van der Waals surface area contributed by atoms with Crippen molar-refractivity contribution in [1.82, 2.24) is 0 Å². The van der Waals surface area contributed by atoms with Gasteiger partial charge in [0.15, 0.2) is 0 Å². The summed E-state index contributed by atoms with van der Waals surface area (Å²) in [6, 6.07) is 2.30. The summed E-state index contributed by atoms with van der Waals surface area (Å²) in [7, 11) is -0.750. The summed E-state index contributed by atoms with van der Waals surface area (Å²) in [5, 5.41) is 14.5. The molecule has 0 aliphatic heterocycles. The van der Waals surface area contributed by atoms with Crippen LogP contribution in [0.2, 0.25) is 0 Å². The van der Waals surface area contributed by atoms with Crippen LogP contribution >= 0.6 is 0 Å². The van der Waals surface area contributed by atoms with Crippen molar-refractivity contribution in [3.8, 4) is 11.1 Å². The van der Waals surface area contributed by atoms with E-state index < -0.39 is 19.5 Å². The number of fused-ring (bicyclic) bond motifs is 3. The van der Waals surface area contributed by atoms with Crippen molar-refractivity contribution in [2.75, 3.05) is 0 Å². The molecule has 3 nitrogen and oxygen atoms in total. The van der Waals surface area contributed by atoms with Gasteiger partial charge in [0.2, 0.25) is 5.82 Å². The summed E-state index contributed by atoms with van der Waals surface area (Å²) in [6.45, 7) is 0. The Kier molecular flexibility index (Phi) is 2.01. The van der Waals surface area contributed by atoms with Crippen molar-refractivity contribution in [3.63, 3.8) is 0 Å². The molecular weight excluding hydrogens is 193 g/mol. The van der Waals surface area contributed by atoms with Crippen LogP contribution in [0.5, 0.6) is 0 Å². The SMILES string of the molecule is Fc1oc2c3cc-3cc2c1F.OBO. The first-order valence-electron chi connectivity index (χ1n) is 3.82. The van der Waals surface area contributed by atoms with Crippen LogP contribution in [0.4, 0.5) is 8.78 Å². The van der Waals surface area contributed by atoms with Gasteiger partial charge >= 0.3 is 13.7 Å². The maximum absolute atomic E-state index is 12.7. The van der Waals surface area contributed by atoms with Gasteiger partial charge < -0.3 is 14.5 Å². The molecule has 0 saturated heterocycles. The second-order valence-electron chi connectivity index (χ2n) is 2.73. The van der Waals surface area contributed by atoms with Gasteiger partial charge in [0.25, 0.3) is 0 Å². The monoisotopic (exact) mass is 198 g/mol. The van der Waals surface area contributed by atoms with Gasteiger partial charge in [-0.1, -0.05) is 0 Å². The van der Waals surface area contributed by atoms with Crippen molar-refractivity contribution >= 4 is 18.7 Å². The maximum Gasteiger partial charge on any atom is 0.432 e. The Labute approximate surface area is 77.9 Å². The number of hydrogen-bond donors (Lipinski definition) is 2. The molecule has 0 atom stereocenters. The predicted octanol–water partition coefficient (Wildman–Crippen LogP) is 0.929. The van der Waals surface area contributed by atoms with E-state index in [4.69, 9.17) is 10.0 Å². The summed E-state index contributed by atoms with van der Waals surface area (Å²) >= 11 is 0. The molecule has 0 unspecified atom stereocenters. The van der Waals surface area contributed by atoms with E-state index in [1.807, 2.05) is 6.07 Å². The molecule has 2 aliphatic rings. The Morgan fingerprint density at radius 3 is 2.43 bits per heavy atom. The highest BCUT2D eigenvalue weighted by Crippen LogP contribution is 2.45. The van der Waals surface area contributed by atoms with Gasteiger partial charge in [-0.3, -0.25) is 0 Å². The zero-order valence-corrected chi connectivity index (χ0v) is 6.92. The lowest BCUT2D eigenvalue weighted by Crippen LogP contribution is -1.75. The second-order valence-corrected chi connectivity index (χ2v) is 2.73. The number of furan rings is 1. The molecule has 1 aromatic heterocycles. The van der Waals surface area contributed by atoms with Crippen molar-refractivity contribution in [2.45, 2.75) is 0 Å². The van der Waals surface area contributed by atoms with E-state index in [-0.39, 0.29) is 5.39 Å². The second kappa shape index (κ2) is 3.07. The van der Waals surface area contributed by atoms with E-state index in [1.165, 1.54) is 0 Å². The Morgan fingerprint density at radius 2 is 1.86 bits per heavy atom. The number of benzene rings is 1. The highest BCUT2D eigenvalue weighted by atomic mass is 19.2. The van der Waals surface area contributed by atoms with Gasteiger partial charge in [-0.25, -0.2) is 0 Å². The molecule has 0 spiro atoms. The van der Waals surface area contributed by atoms with E-state index in [0.717, 1.165) is 11.1 Å². The fourth-order valence-electron chi connectivity index (χ4n) is 1.31. The normalized spacial score (nSPS) is 10.9. The zero-order chi connectivity index (χ0) is 10.3. The smallest absolute Gasteiger partial charge is 0.430 e. The number of rotatable bonds is 0. The molecule has 0 fully saturated rings. The Bertz CT molecular complexity index is 495. The van der Waals surface area contributed by atoms with Crippen LogP contribution in [-0.2, 0) is 0 Å². The van der Waals surface area contributed by atoms with Gasteiger partial charge in [-0.05, 0) is 17.7 Å². The van der Waals surface area contributed by atoms with E-state index >= 15 is 0 Å². The first-order valence-corrected chi connectivity index (χ1v) is 3.82. The molecule has 72 valence electrons. The molecular formula is C8H5BF2O3. The third kappa shape index (κ3) is 1.20. The zero-order valence-electron chi connectivity index (χ0n) is 6.92. The molecule has 14 heavy (non-hydrogen) atoms. The minimum absolute atomic E-state index is 0.259. The van der Waals surface area contributed by atoms with E-state index in [0.29, 0.717) is 5.58 Å². The van der Waals surface area contributed by atoms with E-state index in [1.54, 1.807) is 6.07 Å². The Morgan fingerprint density at radius 1 is 1.21 bits per heavy atom. The van der Waals surface area contributed by atoms with Gasteiger partial charge in [0.05, 0.1) is 5.39 Å². The lowest BCUT2D eigenvalue weighted by molar-refractivity contribution is 0.343. The molecule has 0 bridgehead atoms. The molecule has 0 radical (unpaired) electrons. The van der Waals surface area contributed by atoms with Crippen molar-refractivity contribution in [2.24, 2.45) is 0 Å². The standard InChI is InChI=1S/C8H2F2O.BH3O2/c9-6-5-2-3-1-4(3)7(5)11-8(6)10;2-1-3/h1-2H;1-3H. The molecule has 0 saturated carbocycles. The molecule has 0 aromatic carbocycles. The van der Waals surface area contributed by atoms with Crippen LogP contribution in [0.3, 0.4) is 0 Å². The van der Waals surface area contributed by atoms with Crippen LogP contribution in [0.15, 0.2) is 16.5 Å². The number of hydrogen-bond acceptors (Lipinski definition) is 3. The molecule has 2 aliphatic carbocycles. The van der Waals surface area contributed by atoms with Crippen molar-refractivity contribution in [3.05, 3.63) is 24.0 Å². The minimum Gasteiger partial charge on any atom is -0.430 e. The lowest BCUT2D eigenvalue weighted by atomic mass is 10.4. The van der Waals surface area contributed by atoms with Gasteiger partial charge in [-0.15, -0.1) is 0 Å². The fraction of sp³-hybridized carbons (Fsp3) is 0. The van der Waals surface area contributed by atoms with Gasteiger partial charge in [-0.2, -0.15) is 8.78 Å². The molecule has 0 amide bonds. The maximum atomic E-state index is 12.7.